The van der Waals surface area contributed by atoms with Gasteiger partial charge in [0, 0.05) is 24.4 Å². The lowest BCUT2D eigenvalue weighted by Crippen LogP contribution is -2.16. The van der Waals surface area contributed by atoms with Crippen LogP contribution in [0.25, 0.3) is 10.5 Å². The van der Waals surface area contributed by atoms with Crippen molar-refractivity contribution >= 4 is 11.4 Å². The topological polar surface area (TPSA) is 65.3 Å². The summed E-state index contributed by atoms with van der Waals surface area (Å²) >= 11 is 0. The summed E-state index contributed by atoms with van der Waals surface area (Å²) in [6.07, 6.45) is 2.04. The first-order chi connectivity index (χ1) is 11.2. The maximum absolute atomic E-state index is 12.0. The minimum Gasteiger partial charge on any atom is -0.399 e. The Balaban J connectivity index is 1.95. The number of nitrogens with zero attached hydrogens (tertiary/aromatic N) is 3. The first-order valence-corrected chi connectivity index (χ1v) is 7.07. The molecule has 5 heteroatoms. The van der Waals surface area contributed by atoms with Crippen molar-refractivity contribution in [3.8, 4) is 5.69 Å². The number of hydrogen-bond donors (Lipinski definition) is 1. The fraction of sp³-hybridized carbons (Fsp3) is 0.0556. The number of aromatic nitrogens is 2. The van der Waals surface area contributed by atoms with Gasteiger partial charge in [-0.05, 0) is 29.8 Å². The molecule has 3 aromatic rings. The monoisotopic (exact) mass is 302 g/mol. The standard InChI is InChI=1S/C18H14N4O/c1-20-15-5-7-16(8-6-15)22-10-9-18(23)17(21-22)12-13-3-2-4-14(19)11-13/h2-11H,12,19H2. The summed E-state index contributed by atoms with van der Waals surface area (Å²) in [5.41, 5.74) is 9.08. The molecular formula is C18H14N4O. The zero-order valence-electron chi connectivity index (χ0n) is 12.3. The largest absolute Gasteiger partial charge is 0.399 e. The Labute approximate surface area is 133 Å². The van der Waals surface area contributed by atoms with Crippen LogP contribution in [0.2, 0.25) is 0 Å². The van der Waals surface area contributed by atoms with Crippen LogP contribution >= 0.6 is 0 Å². The Morgan fingerprint density at radius 3 is 2.61 bits per heavy atom. The van der Waals surface area contributed by atoms with Gasteiger partial charge in [0.25, 0.3) is 0 Å². The lowest BCUT2D eigenvalue weighted by Gasteiger charge is -2.08. The zero-order valence-corrected chi connectivity index (χ0v) is 12.3. The molecule has 0 aliphatic heterocycles. The molecule has 1 heterocycles. The minimum atomic E-state index is -0.110. The Hall–Kier alpha value is -3.39. The molecule has 0 aliphatic rings. The zero-order chi connectivity index (χ0) is 16.2. The number of nitrogen functional groups attached to an aromatic ring is 1. The molecule has 0 unspecified atom stereocenters. The van der Waals surface area contributed by atoms with Gasteiger partial charge < -0.3 is 5.73 Å². The van der Waals surface area contributed by atoms with Crippen LogP contribution < -0.4 is 11.2 Å². The van der Waals surface area contributed by atoms with Gasteiger partial charge in [-0.1, -0.05) is 24.3 Å². The number of rotatable bonds is 3. The van der Waals surface area contributed by atoms with E-state index >= 15 is 0 Å². The molecule has 0 aliphatic carbocycles. The van der Waals surface area contributed by atoms with Crippen molar-refractivity contribution in [2.45, 2.75) is 6.42 Å². The minimum absolute atomic E-state index is 0.110. The van der Waals surface area contributed by atoms with Crippen molar-refractivity contribution in [1.29, 1.82) is 0 Å². The molecule has 0 fully saturated rings. The van der Waals surface area contributed by atoms with E-state index in [4.69, 9.17) is 12.3 Å². The van der Waals surface area contributed by atoms with Crippen molar-refractivity contribution in [2.75, 3.05) is 5.73 Å². The van der Waals surface area contributed by atoms with Crippen molar-refractivity contribution in [2.24, 2.45) is 0 Å². The van der Waals surface area contributed by atoms with E-state index in [1.165, 1.54) is 6.07 Å². The van der Waals surface area contributed by atoms with Gasteiger partial charge in [-0.25, -0.2) is 9.53 Å². The van der Waals surface area contributed by atoms with Crippen molar-refractivity contribution < 1.29 is 0 Å². The molecule has 5 nitrogen and oxygen atoms in total. The van der Waals surface area contributed by atoms with Gasteiger partial charge in [0.2, 0.25) is 5.43 Å². The van der Waals surface area contributed by atoms with Crippen LogP contribution in [0.3, 0.4) is 0 Å². The van der Waals surface area contributed by atoms with Gasteiger partial charge in [-0.3, -0.25) is 4.79 Å². The summed E-state index contributed by atoms with van der Waals surface area (Å²) < 4.78 is 1.64. The van der Waals surface area contributed by atoms with Gasteiger partial charge in [0.15, 0.2) is 5.69 Å². The molecule has 0 atom stereocenters. The molecule has 2 aromatic carbocycles. The summed E-state index contributed by atoms with van der Waals surface area (Å²) in [5.74, 6) is 0. The highest BCUT2D eigenvalue weighted by atomic mass is 16.1. The second kappa shape index (κ2) is 6.16. The summed E-state index contributed by atoms with van der Waals surface area (Å²) in [6.45, 7) is 6.97. The van der Waals surface area contributed by atoms with Gasteiger partial charge >= 0.3 is 0 Å². The third kappa shape index (κ3) is 3.27. The quantitative estimate of drug-likeness (QED) is 0.597. The van der Waals surface area contributed by atoms with E-state index in [2.05, 4.69) is 9.94 Å². The van der Waals surface area contributed by atoms with Gasteiger partial charge in [0.05, 0.1) is 12.3 Å². The first-order valence-electron chi connectivity index (χ1n) is 7.07. The predicted octanol–water partition coefficient (Wildman–Crippen LogP) is 2.96. The molecule has 3 rings (SSSR count). The number of nitrogens with two attached hydrogens (primary N) is 1. The molecule has 112 valence electrons. The Kier molecular flexibility index (Phi) is 3.89. The molecule has 0 saturated heterocycles. The van der Waals surface area contributed by atoms with Crippen LogP contribution in [-0.4, -0.2) is 9.78 Å². The third-order valence-electron chi connectivity index (χ3n) is 3.45. The lowest BCUT2D eigenvalue weighted by atomic mass is 10.1. The van der Waals surface area contributed by atoms with Crippen molar-refractivity contribution in [3.05, 3.63) is 93.7 Å². The van der Waals surface area contributed by atoms with Crippen molar-refractivity contribution in [1.82, 2.24) is 9.78 Å². The highest BCUT2D eigenvalue weighted by Crippen LogP contribution is 2.15. The second-order valence-electron chi connectivity index (χ2n) is 5.12. The van der Waals surface area contributed by atoms with Crippen LogP contribution in [-0.2, 0) is 6.42 Å². The molecule has 0 radical (unpaired) electrons. The first kappa shape index (κ1) is 14.5. The Morgan fingerprint density at radius 1 is 1.13 bits per heavy atom. The molecule has 2 N–H and O–H groups in total. The maximum atomic E-state index is 12.0. The third-order valence-corrected chi connectivity index (χ3v) is 3.45. The van der Waals surface area contributed by atoms with Gasteiger partial charge in [0.1, 0.15) is 5.69 Å². The molecule has 0 saturated carbocycles. The van der Waals surface area contributed by atoms with Crippen molar-refractivity contribution in [3.63, 3.8) is 0 Å². The predicted molar refractivity (Wildman–Crippen MR) is 89.8 cm³/mol. The molecule has 0 bridgehead atoms. The second-order valence-corrected chi connectivity index (χ2v) is 5.12. The Morgan fingerprint density at radius 2 is 1.91 bits per heavy atom. The lowest BCUT2D eigenvalue weighted by molar-refractivity contribution is 0.792. The summed E-state index contributed by atoms with van der Waals surface area (Å²) in [7, 11) is 0. The highest BCUT2D eigenvalue weighted by Gasteiger charge is 2.06. The fourth-order valence-corrected chi connectivity index (χ4v) is 2.29. The van der Waals surface area contributed by atoms with Crippen LogP contribution in [0.5, 0.6) is 0 Å². The Bertz CT molecular complexity index is 936. The number of hydrogen-bond acceptors (Lipinski definition) is 3. The molecule has 23 heavy (non-hydrogen) atoms. The average molecular weight is 302 g/mol. The average Bonchev–Trinajstić information content (AvgIpc) is 2.57. The van der Waals surface area contributed by atoms with E-state index in [1.807, 2.05) is 18.2 Å². The normalized spacial score (nSPS) is 10.2. The summed E-state index contributed by atoms with van der Waals surface area (Å²) in [6, 6.07) is 16.0. The van der Waals surface area contributed by atoms with Crippen LogP contribution in [0.15, 0.2) is 65.6 Å². The van der Waals surface area contributed by atoms with E-state index in [9.17, 15) is 4.79 Å². The van der Waals surface area contributed by atoms with E-state index in [0.29, 0.717) is 23.5 Å². The highest BCUT2D eigenvalue weighted by molar-refractivity contribution is 5.49. The smallest absolute Gasteiger partial charge is 0.203 e. The van der Waals surface area contributed by atoms with Gasteiger partial charge in [-0.15, -0.1) is 0 Å². The van der Waals surface area contributed by atoms with E-state index in [-0.39, 0.29) is 5.43 Å². The SMILES string of the molecule is [C-]#[N+]c1ccc(-n2ccc(=O)c(Cc3cccc(N)c3)n2)cc1. The summed E-state index contributed by atoms with van der Waals surface area (Å²) in [5, 5.41) is 4.41. The van der Waals surface area contributed by atoms with Gasteiger partial charge in [-0.2, -0.15) is 5.10 Å². The summed E-state index contributed by atoms with van der Waals surface area (Å²) in [4.78, 5) is 15.4. The maximum Gasteiger partial charge on any atom is 0.203 e. The number of benzene rings is 2. The van der Waals surface area contributed by atoms with Crippen LogP contribution in [0.4, 0.5) is 11.4 Å². The van der Waals surface area contributed by atoms with Crippen LogP contribution in [0.1, 0.15) is 11.3 Å². The van der Waals surface area contributed by atoms with E-state index < -0.39 is 0 Å². The number of anilines is 1. The molecular weight excluding hydrogens is 288 g/mol. The van der Waals surface area contributed by atoms with Crippen LogP contribution in [0, 0.1) is 6.57 Å². The fourth-order valence-electron chi connectivity index (χ4n) is 2.29. The van der Waals surface area contributed by atoms with E-state index in [0.717, 1.165) is 11.3 Å². The van der Waals surface area contributed by atoms with E-state index in [1.54, 1.807) is 41.2 Å². The molecule has 0 amide bonds. The molecule has 0 spiro atoms. The molecule has 1 aromatic heterocycles.